The van der Waals surface area contributed by atoms with Crippen LogP contribution < -0.4 is 9.47 Å². The average Bonchev–Trinajstić information content (AvgIpc) is 3.54. The van der Waals surface area contributed by atoms with Crippen molar-refractivity contribution in [3.8, 4) is 11.5 Å². The maximum Gasteiger partial charge on any atom is 0.254 e. The van der Waals surface area contributed by atoms with E-state index in [2.05, 4.69) is 6.07 Å². The number of thiophene rings is 1. The van der Waals surface area contributed by atoms with Crippen molar-refractivity contribution in [3.63, 3.8) is 0 Å². The molecule has 0 bridgehead atoms. The van der Waals surface area contributed by atoms with Crippen LogP contribution in [0.25, 0.3) is 10.8 Å². The quantitative estimate of drug-likeness (QED) is 0.196. The third-order valence-corrected chi connectivity index (χ3v) is 8.84. The number of carbonyl (C=O) groups is 2. The summed E-state index contributed by atoms with van der Waals surface area (Å²) >= 11 is 1.64. The van der Waals surface area contributed by atoms with E-state index < -0.39 is 0 Å². The predicted octanol–water partition coefficient (Wildman–Crippen LogP) is 6.96. The molecule has 7 heteroatoms. The lowest BCUT2D eigenvalue weighted by atomic mass is 9.93. The van der Waals surface area contributed by atoms with Gasteiger partial charge in [-0.05, 0) is 71.3 Å². The highest BCUT2D eigenvalue weighted by Gasteiger charge is 2.30. The smallest absolute Gasteiger partial charge is 0.254 e. The van der Waals surface area contributed by atoms with Gasteiger partial charge in [-0.15, -0.1) is 11.3 Å². The Kier molecular flexibility index (Phi) is 9.57. The number of carbonyl (C=O) groups excluding carboxylic acids is 2. The monoisotopic (exact) mass is 570 g/mol. The number of hydrogen-bond acceptors (Lipinski definition) is 5. The van der Waals surface area contributed by atoms with Crippen LogP contribution in [0.5, 0.6) is 11.5 Å². The number of amides is 2. The summed E-state index contributed by atoms with van der Waals surface area (Å²) in [6.07, 6.45) is 5.88. The van der Waals surface area contributed by atoms with E-state index >= 15 is 0 Å². The zero-order valence-electron chi connectivity index (χ0n) is 23.9. The van der Waals surface area contributed by atoms with Crippen molar-refractivity contribution in [1.29, 1.82) is 0 Å². The van der Waals surface area contributed by atoms with E-state index in [-0.39, 0.29) is 24.4 Å². The molecule has 214 valence electrons. The van der Waals surface area contributed by atoms with E-state index in [1.54, 1.807) is 25.6 Å². The molecule has 0 unspecified atom stereocenters. The second kappa shape index (κ2) is 13.7. The van der Waals surface area contributed by atoms with Crippen molar-refractivity contribution >= 4 is 33.9 Å². The zero-order valence-corrected chi connectivity index (χ0v) is 24.7. The molecule has 5 rings (SSSR count). The summed E-state index contributed by atoms with van der Waals surface area (Å²) in [6.45, 7) is 1.13. The second-order valence-electron chi connectivity index (χ2n) is 10.6. The molecule has 1 fully saturated rings. The van der Waals surface area contributed by atoms with Gasteiger partial charge >= 0.3 is 0 Å². The summed E-state index contributed by atoms with van der Waals surface area (Å²) in [4.78, 5) is 32.9. The fourth-order valence-electron chi connectivity index (χ4n) is 5.68. The highest BCUT2D eigenvalue weighted by Crippen LogP contribution is 2.29. The van der Waals surface area contributed by atoms with Crippen LogP contribution >= 0.6 is 11.3 Å². The normalized spacial score (nSPS) is 13.6. The van der Waals surface area contributed by atoms with E-state index in [0.717, 1.165) is 46.9 Å². The van der Waals surface area contributed by atoms with Crippen molar-refractivity contribution in [2.75, 3.05) is 27.3 Å². The Bertz CT molecular complexity index is 1460. The Balaban J connectivity index is 1.37. The number of ether oxygens (including phenoxy) is 2. The van der Waals surface area contributed by atoms with Gasteiger partial charge in [0.05, 0.1) is 20.8 Å². The van der Waals surface area contributed by atoms with Gasteiger partial charge in [-0.25, -0.2) is 0 Å². The Morgan fingerprint density at radius 1 is 0.854 bits per heavy atom. The summed E-state index contributed by atoms with van der Waals surface area (Å²) in [5.74, 6) is 1.26. The summed E-state index contributed by atoms with van der Waals surface area (Å²) in [6, 6.07) is 23.9. The molecule has 0 atom stereocenters. The van der Waals surface area contributed by atoms with Gasteiger partial charge in [-0.2, -0.15) is 0 Å². The van der Waals surface area contributed by atoms with Crippen LogP contribution in [0.3, 0.4) is 0 Å². The lowest BCUT2D eigenvalue weighted by Gasteiger charge is -2.35. The molecular formula is C34H38N2O4S. The molecule has 0 saturated heterocycles. The molecule has 1 aromatic heterocycles. The van der Waals surface area contributed by atoms with Crippen LogP contribution in [0.15, 0.2) is 78.2 Å². The van der Waals surface area contributed by atoms with Crippen LogP contribution in [-0.4, -0.2) is 55.0 Å². The fourth-order valence-corrected chi connectivity index (χ4v) is 6.40. The molecule has 2 amide bonds. The van der Waals surface area contributed by atoms with Gasteiger partial charge in [-0.1, -0.05) is 61.7 Å². The summed E-state index contributed by atoms with van der Waals surface area (Å²) < 4.78 is 10.9. The third kappa shape index (κ3) is 7.09. The molecular weight excluding hydrogens is 532 g/mol. The van der Waals surface area contributed by atoms with Crippen molar-refractivity contribution < 1.29 is 19.1 Å². The third-order valence-electron chi connectivity index (χ3n) is 7.98. The first kappa shape index (κ1) is 28.7. The maximum absolute atomic E-state index is 14.0. The first-order valence-electron chi connectivity index (χ1n) is 14.4. The molecule has 4 aromatic rings. The first-order chi connectivity index (χ1) is 20.1. The summed E-state index contributed by atoms with van der Waals surface area (Å²) in [5.41, 5.74) is 1.69. The van der Waals surface area contributed by atoms with Crippen LogP contribution in [-0.2, 0) is 17.8 Å². The summed E-state index contributed by atoms with van der Waals surface area (Å²) in [5, 5.41) is 4.16. The molecule has 6 nitrogen and oxygen atoms in total. The minimum atomic E-state index is -0.0630. The zero-order chi connectivity index (χ0) is 28.6. The molecule has 1 saturated carbocycles. The highest BCUT2D eigenvalue weighted by atomic mass is 32.1. The van der Waals surface area contributed by atoms with Gasteiger partial charge < -0.3 is 19.3 Å². The Hall–Kier alpha value is -3.84. The van der Waals surface area contributed by atoms with Crippen molar-refractivity contribution in [2.45, 2.75) is 51.1 Å². The van der Waals surface area contributed by atoms with Crippen LogP contribution in [0, 0.1) is 0 Å². The van der Waals surface area contributed by atoms with E-state index in [4.69, 9.17) is 9.47 Å². The van der Waals surface area contributed by atoms with Gasteiger partial charge in [0.1, 0.15) is 6.54 Å². The molecule has 41 heavy (non-hydrogen) atoms. The van der Waals surface area contributed by atoms with Crippen molar-refractivity contribution in [2.24, 2.45) is 0 Å². The summed E-state index contributed by atoms with van der Waals surface area (Å²) in [7, 11) is 3.25. The molecule has 0 radical (unpaired) electrons. The van der Waals surface area contributed by atoms with E-state index in [1.165, 1.54) is 6.42 Å². The lowest BCUT2D eigenvalue weighted by Crippen LogP contribution is -2.48. The topological polar surface area (TPSA) is 59.1 Å². The molecule has 1 heterocycles. The average molecular weight is 571 g/mol. The largest absolute Gasteiger partial charge is 0.493 e. The number of hydrogen-bond donors (Lipinski definition) is 0. The Morgan fingerprint density at radius 2 is 1.63 bits per heavy atom. The van der Waals surface area contributed by atoms with Gasteiger partial charge in [-0.3, -0.25) is 9.59 Å². The molecule has 0 aliphatic heterocycles. The maximum atomic E-state index is 14.0. The number of methoxy groups -OCH3 is 2. The molecule has 0 N–H and O–H groups in total. The van der Waals surface area contributed by atoms with Crippen LogP contribution in [0.4, 0.5) is 0 Å². The molecule has 0 spiro atoms. The standard InChI is InChI=1S/C34H38N2O4S/c1-39-31-17-14-25(21-32(31)40-2)18-19-35(23-30-13-8-20-41-30)33(37)24-36(29-11-4-3-5-12-29)34(38)28-16-15-26-9-6-7-10-27(26)22-28/h6-10,13-17,20-22,29H,3-5,11-12,18-19,23-24H2,1-2H3. The van der Waals surface area contributed by atoms with E-state index in [1.807, 2.05) is 81.9 Å². The van der Waals surface area contributed by atoms with Gasteiger partial charge in [0.2, 0.25) is 5.91 Å². The number of rotatable bonds is 11. The molecule has 3 aromatic carbocycles. The predicted molar refractivity (Wildman–Crippen MR) is 165 cm³/mol. The minimum absolute atomic E-state index is 0.0291. The van der Waals surface area contributed by atoms with E-state index in [9.17, 15) is 9.59 Å². The lowest BCUT2D eigenvalue weighted by molar-refractivity contribution is -0.133. The van der Waals surface area contributed by atoms with Crippen LogP contribution in [0.2, 0.25) is 0 Å². The van der Waals surface area contributed by atoms with Gasteiger partial charge in [0.15, 0.2) is 11.5 Å². The second-order valence-corrected chi connectivity index (χ2v) is 11.7. The Labute approximate surface area is 246 Å². The van der Waals surface area contributed by atoms with Gasteiger partial charge in [0, 0.05) is 23.0 Å². The molecule has 1 aliphatic rings. The minimum Gasteiger partial charge on any atom is -0.493 e. The SMILES string of the molecule is COc1ccc(CCN(Cc2cccs2)C(=O)CN(C(=O)c2ccc3ccccc3c2)C2CCCCC2)cc1OC. The fraction of sp³-hybridized carbons (Fsp3) is 0.353. The molecule has 1 aliphatic carbocycles. The number of fused-ring (bicyclic) bond motifs is 1. The highest BCUT2D eigenvalue weighted by molar-refractivity contribution is 7.09. The van der Waals surface area contributed by atoms with Crippen LogP contribution in [0.1, 0.15) is 52.9 Å². The first-order valence-corrected chi connectivity index (χ1v) is 15.2. The van der Waals surface area contributed by atoms with Crippen molar-refractivity contribution in [3.05, 3.63) is 94.2 Å². The number of benzene rings is 3. The van der Waals surface area contributed by atoms with Gasteiger partial charge in [0.25, 0.3) is 5.91 Å². The number of nitrogens with zero attached hydrogens (tertiary/aromatic N) is 2. The van der Waals surface area contributed by atoms with E-state index in [0.29, 0.717) is 36.6 Å². The Morgan fingerprint density at radius 3 is 2.37 bits per heavy atom. The van der Waals surface area contributed by atoms with Crippen molar-refractivity contribution in [1.82, 2.24) is 9.80 Å².